The maximum atomic E-state index is 6.09. The van der Waals surface area contributed by atoms with Gasteiger partial charge in [0.15, 0.2) is 5.11 Å². The molecule has 1 aromatic rings. The van der Waals surface area contributed by atoms with Gasteiger partial charge < -0.3 is 24.8 Å². The molecule has 0 aliphatic carbocycles. The number of rotatable bonds is 6. The Balaban J connectivity index is 1.86. The van der Waals surface area contributed by atoms with Gasteiger partial charge in [-0.1, -0.05) is 11.6 Å². The van der Waals surface area contributed by atoms with E-state index in [1.807, 2.05) is 0 Å². The standard InChI is InChI=1S/C15H22ClN3O3S/c1-20-13-10-12(14(21-2)9-11(13)16)18-15(23)17-3-4-19-5-7-22-8-6-19/h9-10H,3-8H2,1-2H3,(H2,17,18,23). The molecule has 0 atom stereocenters. The van der Waals surface area contributed by atoms with Crippen LogP contribution in [0.4, 0.5) is 5.69 Å². The summed E-state index contributed by atoms with van der Waals surface area (Å²) in [6, 6.07) is 3.45. The van der Waals surface area contributed by atoms with Crippen LogP contribution in [0.15, 0.2) is 12.1 Å². The van der Waals surface area contributed by atoms with Crippen LogP contribution in [0, 0.1) is 0 Å². The lowest BCUT2D eigenvalue weighted by Crippen LogP contribution is -2.42. The molecule has 1 aromatic carbocycles. The maximum absolute atomic E-state index is 6.09. The number of hydrogen-bond acceptors (Lipinski definition) is 5. The molecule has 6 nitrogen and oxygen atoms in total. The SMILES string of the molecule is COc1cc(NC(=S)NCCN2CCOCC2)c(OC)cc1Cl. The molecule has 0 spiro atoms. The summed E-state index contributed by atoms with van der Waals surface area (Å²) in [6.07, 6.45) is 0. The van der Waals surface area contributed by atoms with Crippen molar-refractivity contribution < 1.29 is 14.2 Å². The molecule has 0 amide bonds. The molecule has 0 aromatic heterocycles. The summed E-state index contributed by atoms with van der Waals surface area (Å²) < 4.78 is 15.9. The first-order chi connectivity index (χ1) is 11.1. The van der Waals surface area contributed by atoms with Crippen molar-refractivity contribution >= 4 is 34.6 Å². The molecule has 23 heavy (non-hydrogen) atoms. The van der Waals surface area contributed by atoms with E-state index in [4.69, 9.17) is 38.0 Å². The summed E-state index contributed by atoms with van der Waals surface area (Å²) in [5.74, 6) is 1.17. The minimum absolute atomic E-state index is 0.487. The predicted molar refractivity (Wildman–Crippen MR) is 96.0 cm³/mol. The number of hydrogen-bond donors (Lipinski definition) is 2. The van der Waals surface area contributed by atoms with Crippen LogP contribution in [0.1, 0.15) is 0 Å². The van der Waals surface area contributed by atoms with Crippen molar-refractivity contribution in [2.24, 2.45) is 0 Å². The van der Waals surface area contributed by atoms with Gasteiger partial charge in [-0.05, 0) is 12.2 Å². The van der Waals surface area contributed by atoms with Gasteiger partial charge in [0.05, 0.1) is 38.1 Å². The van der Waals surface area contributed by atoms with Crippen LogP contribution in [0.25, 0.3) is 0 Å². The monoisotopic (exact) mass is 359 g/mol. The third-order valence-corrected chi connectivity index (χ3v) is 4.08. The first-order valence-electron chi connectivity index (χ1n) is 7.40. The van der Waals surface area contributed by atoms with Gasteiger partial charge in [0.1, 0.15) is 11.5 Å². The normalized spacial score (nSPS) is 15.1. The van der Waals surface area contributed by atoms with Gasteiger partial charge in [0.25, 0.3) is 0 Å². The third-order valence-electron chi connectivity index (χ3n) is 3.54. The van der Waals surface area contributed by atoms with Gasteiger partial charge in [-0.15, -0.1) is 0 Å². The number of morpholine rings is 1. The molecule has 1 aliphatic heterocycles. The molecule has 2 rings (SSSR count). The van der Waals surface area contributed by atoms with E-state index in [1.165, 1.54) is 0 Å². The van der Waals surface area contributed by atoms with E-state index in [0.29, 0.717) is 27.3 Å². The van der Waals surface area contributed by atoms with Gasteiger partial charge in [0, 0.05) is 38.3 Å². The highest BCUT2D eigenvalue weighted by molar-refractivity contribution is 7.80. The van der Waals surface area contributed by atoms with E-state index >= 15 is 0 Å². The fourth-order valence-corrected chi connectivity index (χ4v) is 2.72. The summed E-state index contributed by atoms with van der Waals surface area (Å²) >= 11 is 11.4. The number of benzene rings is 1. The largest absolute Gasteiger partial charge is 0.495 e. The Hall–Kier alpha value is -1.28. The lowest BCUT2D eigenvalue weighted by molar-refractivity contribution is 0.0389. The summed E-state index contributed by atoms with van der Waals surface area (Å²) in [5, 5.41) is 7.32. The molecule has 1 aliphatic rings. The average Bonchev–Trinajstić information content (AvgIpc) is 2.57. The molecule has 1 fully saturated rings. The van der Waals surface area contributed by atoms with E-state index in [2.05, 4.69) is 15.5 Å². The van der Waals surface area contributed by atoms with E-state index in [9.17, 15) is 0 Å². The van der Waals surface area contributed by atoms with Crippen LogP contribution >= 0.6 is 23.8 Å². The van der Waals surface area contributed by atoms with Crippen molar-refractivity contribution in [2.75, 3.05) is 58.9 Å². The Morgan fingerprint density at radius 2 is 1.96 bits per heavy atom. The van der Waals surface area contributed by atoms with Crippen molar-refractivity contribution in [2.45, 2.75) is 0 Å². The topological polar surface area (TPSA) is 55.0 Å². The smallest absolute Gasteiger partial charge is 0.170 e. The first kappa shape index (κ1) is 18.1. The Bertz CT molecular complexity index is 539. The molecule has 128 valence electrons. The van der Waals surface area contributed by atoms with Gasteiger partial charge in [-0.25, -0.2) is 0 Å². The van der Waals surface area contributed by atoms with Gasteiger partial charge in [-0.3, -0.25) is 4.90 Å². The Kier molecular flexibility index (Phi) is 7.16. The predicted octanol–water partition coefficient (Wildman–Crippen LogP) is 1.98. The van der Waals surface area contributed by atoms with Crippen LogP contribution in [-0.4, -0.2) is 63.6 Å². The van der Waals surface area contributed by atoms with E-state index in [-0.39, 0.29) is 0 Å². The van der Waals surface area contributed by atoms with Crippen LogP contribution in [0.3, 0.4) is 0 Å². The number of halogens is 1. The number of thiocarbonyl (C=S) groups is 1. The zero-order chi connectivity index (χ0) is 16.7. The maximum Gasteiger partial charge on any atom is 0.170 e. The molecule has 0 saturated carbocycles. The molecule has 0 radical (unpaired) electrons. The minimum Gasteiger partial charge on any atom is -0.495 e. The van der Waals surface area contributed by atoms with E-state index in [1.54, 1.807) is 26.4 Å². The second kappa shape index (κ2) is 9.12. The lowest BCUT2D eigenvalue weighted by atomic mass is 10.2. The zero-order valence-electron chi connectivity index (χ0n) is 13.4. The molecule has 1 heterocycles. The van der Waals surface area contributed by atoms with Crippen molar-refractivity contribution in [3.63, 3.8) is 0 Å². The molecule has 0 bridgehead atoms. The van der Waals surface area contributed by atoms with Gasteiger partial charge >= 0.3 is 0 Å². The number of methoxy groups -OCH3 is 2. The second-order valence-corrected chi connectivity index (χ2v) is 5.84. The van der Waals surface area contributed by atoms with Crippen molar-refractivity contribution in [1.29, 1.82) is 0 Å². The Morgan fingerprint density at radius 3 is 2.61 bits per heavy atom. The Morgan fingerprint density at radius 1 is 1.26 bits per heavy atom. The van der Waals surface area contributed by atoms with E-state index in [0.717, 1.165) is 39.4 Å². The molecular weight excluding hydrogens is 338 g/mol. The fourth-order valence-electron chi connectivity index (χ4n) is 2.28. The third kappa shape index (κ3) is 5.39. The van der Waals surface area contributed by atoms with Gasteiger partial charge in [-0.2, -0.15) is 0 Å². The van der Waals surface area contributed by atoms with Crippen LogP contribution in [-0.2, 0) is 4.74 Å². The number of ether oxygens (including phenoxy) is 3. The second-order valence-electron chi connectivity index (χ2n) is 5.02. The Labute approximate surface area is 147 Å². The molecular formula is C15H22ClN3O3S. The highest BCUT2D eigenvalue weighted by Gasteiger charge is 2.12. The number of nitrogens with zero attached hydrogens (tertiary/aromatic N) is 1. The first-order valence-corrected chi connectivity index (χ1v) is 8.19. The fraction of sp³-hybridized carbons (Fsp3) is 0.533. The van der Waals surface area contributed by atoms with Crippen molar-refractivity contribution in [1.82, 2.24) is 10.2 Å². The summed E-state index contributed by atoms with van der Waals surface area (Å²) in [4.78, 5) is 2.34. The van der Waals surface area contributed by atoms with E-state index < -0.39 is 0 Å². The summed E-state index contributed by atoms with van der Waals surface area (Å²) in [7, 11) is 3.15. The summed E-state index contributed by atoms with van der Waals surface area (Å²) in [6.45, 7) is 5.20. The highest BCUT2D eigenvalue weighted by atomic mass is 35.5. The molecule has 1 saturated heterocycles. The van der Waals surface area contributed by atoms with Gasteiger partial charge in [0.2, 0.25) is 0 Å². The van der Waals surface area contributed by atoms with Crippen LogP contribution in [0.5, 0.6) is 11.5 Å². The van der Waals surface area contributed by atoms with Crippen molar-refractivity contribution in [3.8, 4) is 11.5 Å². The highest BCUT2D eigenvalue weighted by Crippen LogP contribution is 2.35. The van der Waals surface area contributed by atoms with Crippen molar-refractivity contribution in [3.05, 3.63) is 17.2 Å². The zero-order valence-corrected chi connectivity index (χ0v) is 14.9. The summed E-state index contributed by atoms with van der Waals surface area (Å²) in [5.41, 5.74) is 0.706. The molecule has 0 unspecified atom stereocenters. The average molecular weight is 360 g/mol. The molecule has 2 N–H and O–H groups in total. The van der Waals surface area contributed by atoms with Crippen LogP contribution in [0.2, 0.25) is 5.02 Å². The quantitative estimate of drug-likeness (QED) is 0.753. The molecule has 8 heteroatoms. The minimum atomic E-state index is 0.487. The van der Waals surface area contributed by atoms with Crippen LogP contribution < -0.4 is 20.1 Å². The lowest BCUT2D eigenvalue weighted by Gasteiger charge is -2.26. The number of anilines is 1. The number of nitrogens with one attached hydrogen (secondary N) is 2.